The van der Waals surface area contributed by atoms with Gasteiger partial charge in [0.1, 0.15) is 18.3 Å². The lowest BCUT2D eigenvalue weighted by molar-refractivity contribution is -0.140. The van der Waals surface area contributed by atoms with Gasteiger partial charge in [0, 0.05) is 23.6 Å². The highest BCUT2D eigenvalue weighted by Gasteiger charge is 2.33. The van der Waals surface area contributed by atoms with Crippen molar-refractivity contribution in [2.75, 3.05) is 25.0 Å². The highest BCUT2D eigenvalue weighted by molar-refractivity contribution is 7.92. The summed E-state index contributed by atoms with van der Waals surface area (Å²) in [5, 5.41) is 3.02. The first-order chi connectivity index (χ1) is 18.5. The Morgan fingerprint density at radius 2 is 1.56 bits per heavy atom. The Balaban J connectivity index is 2.08. The van der Waals surface area contributed by atoms with Crippen molar-refractivity contribution in [3.63, 3.8) is 0 Å². The van der Waals surface area contributed by atoms with Gasteiger partial charge in [-0.2, -0.15) is 0 Å². The fraction of sp³-hybridized carbons (Fsp3) is 0.286. The smallest absolute Gasteiger partial charge is 0.264 e. The van der Waals surface area contributed by atoms with E-state index in [2.05, 4.69) is 5.32 Å². The molecule has 3 rings (SSSR count). The van der Waals surface area contributed by atoms with E-state index in [0.717, 1.165) is 15.4 Å². The first-order valence-electron chi connectivity index (χ1n) is 12.2. The second kappa shape index (κ2) is 13.2. The van der Waals surface area contributed by atoms with Crippen LogP contribution in [0.4, 0.5) is 5.69 Å². The van der Waals surface area contributed by atoms with E-state index in [4.69, 9.17) is 27.9 Å². The van der Waals surface area contributed by atoms with E-state index in [0.29, 0.717) is 12.2 Å². The standard InChI is InChI=1S/C28H31Cl2N3O5S/c1-5-26(28(35)31-3)32(17-20-8-10-24(38-4)11-9-20)27(34)18-33(23-15-21(29)14-22(30)16-23)39(36,37)25-12-6-19(2)7-13-25/h6-16,26H,5,17-18H2,1-4H3,(H,31,35)/t26-/m0/s1. The van der Waals surface area contributed by atoms with Gasteiger partial charge in [0.2, 0.25) is 11.8 Å². The molecule has 39 heavy (non-hydrogen) atoms. The number of amides is 2. The normalized spacial score (nSPS) is 11.9. The summed E-state index contributed by atoms with van der Waals surface area (Å²) >= 11 is 12.4. The van der Waals surface area contributed by atoms with Crippen LogP contribution in [0.1, 0.15) is 24.5 Å². The Hall–Kier alpha value is -3.27. The highest BCUT2D eigenvalue weighted by Crippen LogP contribution is 2.30. The van der Waals surface area contributed by atoms with Crippen LogP contribution in [0.3, 0.4) is 0 Å². The van der Waals surface area contributed by atoms with Crippen molar-refractivity contribution in [3.05, 3.63) is 87.9 Å². The third kappa shape index (κ3) is 7.44. The number of hydrogen-bond donors (Lipinski definition) is 1. The number of rotatable bonds is 11. The first kappa shape index (κ1) is 30.3. The predicted octanol–water partition coefficient (Wildman–Crippen LogP) is 5.06. The van der Waals surface area contributed by atoms with E-state index in [9.17, 15) is 18.0 Å². The number of nitrogens with one attached hydrogen (secondary N) is 1. The first-order valence-corrected chi connectivity index (χ1v) is 14.4. The molecule has 0 saturated carbocycles. The molecule has 3 aromatic rings. The van der Waals surface area contributed by atoms with Crippen LogP contribution in [-0.2, 0) is 26.2 Å². The van der Waals surface area contributed by atoms with Crippen LogP contribution in [-0.4, -0.2) is 51.9 Å². The third-order valence-electron chi connectivity index (χ3n) is 6.17. The molecule has 0 aliphatic heterocycles. The second-order valence-electron chi connectivity index (χ2n) is 8.86. The van der Waals surface area contributed by atoms with Gasteiger partial charge in [-0.3, -0.25) is 13.9 Å². The van der Waals surface area contributed by atoms with Crippen LogP contribution in [0.25, 0.3) is 0 Å². The van der Waals surface area contributed by atoms with E-state index in [1.165, 1.54) is 42.3 Å². The molecule has 0 heterocycles. The van der Waals surface area contributed by atoms with Crippen molar-refractivity contribution in [3.8, 4) is 5.75 Å². The molecule has 0 aliphatic rings. The van der Waals surface area contributed by atoms with Crippen LogP contribution in [0.2, 0.25) is 10.0 Å². The number of methoxy groups -OCH3 is 1. The van der Waals surface area contributed by atoms with Gasteiger partial charge in [0.05, 0.1) is 17.7 Å². The Bertz CT molecular complexity index is 1390. The number of benzene rings is 3. The predicted molar refractivity (Wildman–Crippen MR) is 154 cm³/mol. The maximum atomic E-state index is 13.9. The molecule has 208 valence electrons. The Labute approximate surface area is 239 Å². The van der Waals surface area contributed by atoms with Gasteiger partial charge in [-0.25, -0.2) is 8.42 Å². The zero-order valence-corrected chi connectivity index (χ0v) is 24.5. The van der Waals surface area contributed by atoms with Crippen molar-refractivity contribution in [1.82, 2.24) is 10.2 Å². The fourth-order valence-corrected chi connectivity index (χ4v) is 5.98. The van der Waals surface area contributed by atoms with Crippen LogP contribution in [0.15, 0.2) is 71.6 Å². The molecule has 0 bridgehead atoms. The maximum Gasteiger partial charge on any atom is 0.264 e. The maximum absolute atomic E-state index is 13.9. The van der Waals surface area contributed by atoms with Gasteiger partial charge in [-0.05, 0) is 61.4 Å². The number of aryl methyl sites for hydroxylation is 1. The molecule has 3 aromatic carbocycles. The van der Waals surface area contributed by atoms with Gasteiger partial charge < -0.3 is 15.0 Å². The number of halogens is 2. The molecule has 0 radical (unpaired) electrons. The molecule has 8 nitrogen and oxygen atoms in total. The highest BCUT2D eigenvalue weighted by atomic mass is 35.5. The SMILES string of the molecule is CC[C@@H](C(=O)NC)N(Cc1ccc(OC)cc1)C(=O)CN(c1cc(Cl)cc(Cl)c1)S(=O)(=O)c1ccc(C)cc1. The number of carbonyl (C=O) groups excluding carboxylic acids is 2. The molecule has 1 N–H and O–H groups in total. The number of likely N-dealkylation sites (N-methyl/N-ethyl adjacent to an activating group) is 1. The van der Waals surface area contributed by atoms with Gasteiger partial charge in [0.15, 0.2) is 0 Å². The number of nitrogens with zero attached hydrogens (tertiary/aromatic N) is 2. The molecule has 11 heteroatoms. The average Bonchev–Trinajstić information content (AvgIpc) is 2.91. The van der Waals surface area contributed by atoms with E-state index >= 15 is 0 Å². The number of ether oxygens (including phenoxy) is 1. The molecule has 0 spiro atoms. The van der Waals surface area contributed by atoms with Gasteiger partial charge in [-0.1, -0.05) is 60.0 Å². The van der Waals surface area contributed by atoms with Crippen molar-refractivity contribution in [2.24, 2.45) is 0 Å². The lowest BCUT2D eigenvalue weighted by Crippen LogP contribution is -2.51. The van der Waals surface area contributed by atoms with E-state index < -0.39 is 28.5 Å². The van der Waals surface area contributed by atoms with Crippen LogP contribution in [0.5, 0.6) is 5.75 Å². The zero-order chi connectivity index (χ0) is 28.7. The minimum atomic E-state index is -4.22. The van der Waals surface area contributed by atoms with E-state index in [1.54, 1.807) is 50.4 Å². The van der Waals surface area contributed by atoms with Gasteiger partial charge >= 0.3 is 0 Å². The average molecular weight is 593 g/mol. The minimum Gasteiger partial charge on any atom is -0.497 e. The summed E-state index contributed by atoms with van der Waals surface area (Å²) in [5.41, 5.74) is 1.74. The molecular formula is C28H31Cl2N3O5S. The van der Waals surface area contributed by atoms with Crippen molar-refractivity contribution in [1.29, 1.82) is 0 Å². The Kier molecular flexibility index (Phi) is 10.2. The third-order valence-corrected chi connectivity index (χ3v) is 8.39. The van der Waals surface area contributed by atoms with Crippen molar-refractivity contribution >= 4 is 50.7 Å². The van der Waals surface area contributed by atoms with Crippen LogP contribution in [0, 0.1) is 6.92 Å². The monoisotopic (exact) mass is 591 g/mol. The number of sulfonamides is 1. The molecule has 0 fully saturated rings. The van der Waals surface area contributed by atoms with Gasteiger partial charge in [-0.15, -0.1) is 0 Å². The molecule has 0 unspecified atom stereocenters. The largest absolute Gasteiger partial charge is 0.497 e. The molecule has 0 aromatic heterocycles. The van der Waals surface area contributed by atoms with Crippen molar-refractivity contribution in [2.45, 2.75) is 37.8 Å². The zero-order valence-electron chi connectivity index (χ0n) is 22.1. The lowest BCUT2D eigenvalue weighted by Gasteiger charge is -2.33. The second-order valence-corrected chi connectivity index (χ2v) is 11.6. The molecule has 1 atom stereocenters. The minimum absolute atomic E-state index is 0.00274. The van der Waals surface area contributed by atoms with Crippen molar-refractivity contribution < 1.29 is 22.7 Å². The summed E-state index contributed by atoms with van der Waals surface area (Å²) in [5.74, 6) is -0.297. The van der Waals surface area contributed by atoms with E-state index in [1.807, 2.05) is 6.92 Å². The van der Waals surface area contributed by atoms with Crippen LogP contribution >= 0.6 is 23.2 Å². The molecule has 0 saturated heterocycles. The summed E-state index contributed by atoms with van der Waals surface area (Å²) in [4.78, 5) is 28.1. The fourth-order valence-electron chi connectivity index (χ4n) is 4.06. The number of anilines is 1. The summed E-state index contributed by atoms with van der Waals surface area (Å²) in [7, 11) is -1.18. The van der Waals surface area contributed by atoms with Crippen LogP contribution < -0.4 is 14.4 Å². The summed E-state index contributed by atoms with van der Waals surface area (Å²) in [6.45, 7) is 3.11. The Morgan fingerprint density at radius 1 is 0.974 bits per heavy atom. The Morgan fingerprint density at radius 3 is 2.08 bits per heavy atom. The molecular weight excluding hydrogens is 561 g/mol. The summed E-state index contributed by atoms with van der Waals surface area (Å²) in [6, 6.07) is 16.9. The summed E-state index contributed by atoms with van der Waals surface area (Å²) in [6.07, 6.45) is 0.315. The number of carbonyl (C=O) groups is 2. The quantitative estimate of drug-likeness (QED) is 0.336. The lowest BCUT2D eigenvalue weighted by atomic mass is 10.1. The number of hydrogen-bond acceptors (Lipinski definition) is 5. The van der Waals surface area contributed by atoms with E-state index in [-0.39, 0.29) is 33.1 Å². The molecule has 0 aliphatic carbocycles. The van der Waals surface area contributed by atoms with Gasteiger partial charge in [0.25, 0.3) is 10.0 Å². The summed E-state index contributed by atoms with van der Waals surface area (Å²) < 4.78 is 33.9. The molecule has 2 amide bonds. The topological polar surface area (TPSA) is 96.0 Å².